The van der Waals surface area contributed by atoms with E-state index in [0.717, 1.165) is 6.07 Å². The molecule has 0 saturated carbocycles. The van der Waals surface area contributed by atoms with Crippen LogP contribution >= 0.6 is 11.6 Å². The van der Waals surface area contributed by atoms with E-state index < -0.39 is 20.2 Å². The van der Waals surface area contributed by atoms with Crippen molar-refractivity contribution in [3.8, 4) is 0 Å². The quantitative estimate of drug-likeness (QED) is 0.672. The molecule has 0 fully saturated rings. The van der Waals surface area contributed by atoms with Gasteiger partial charge in [-0.25, -0.2) is 8.42 Å². The van der Waals surface area contributed by atoms with Gasteiger partial charge in [0, 0.05) is 12.4 Å². The van der Waals surface area contributed by atoms with Crippen LogP contribution in [0.4, 0.5) is 18.9 Å². The summed E-state index contributed by atoms with van der Waals surface area (Å²) in [5.41, 5.74) is -5.38. The number of hydrogen-bond acceptors (Lipinski definition) is 3. The Morgan fingerprint density at radius 1 is 1.22 bits per heavy atom. The number of alkyl halides is 4. The summed E-state index contributed by atoms with van der Waals surface area (Å²) in [7, 11) is -5.34. The maximum atomic E-state index is 12.5. The van der Waals surface area contributed by atoms with Crippen molar-refractivity contribution in [3.63, 3.8) is 0 Å². The highest BCUT2D eigenvalue weighted by molar-refractivity contribution is 7.92. The molecular formula is C10H11ClF3NO2S. The first-order chi connectivity index (χ1) is 8.30. The van der Waals surface area contributed by atoms with Crippen LogP contribution in [-0.2, 0) is 9.84 Å². The Morgan fingerprint density at radius 3 is 2.39 bits per heavy atom. The van der Waals surface area contributed by atoms with Gasteiger partial charge in [-0.05, 0) is 18.6 Å². The Hall–Kier alpha value is -0.950. The van der Waals surface area contributed by atoms with Crippen molar-refractivity contribution >= 4 is 27.1 Å². The minimum absolute atomic E-state index is 0.0695. The van der Waals surface area contributed by atoms with Crippen LogP contribution in [0.2, 0.25) is 0 Å². The van der Waals surface area contributed by atoms with Crippen molar-refractivity contribution in [1.82, 2.24) is 0 Å². The second-order valence-electron chi connectivity index (χ2n) is 3.41. The smallest absolute Gasteiger partial charge is 0.384 e. The van der Waals surface area contributed by atoms with Gasteiger partial charge in [-0.2, -0.15) is 13.2 Å². The topological polar surface area (TPSA) is 46.2 Å². The van der Waals surface area contributed by atoms with Crippen molar-refractivity contribution < 1.29 is 21.6 Å². The van der Waals surface area contributed by atoms with Crippen LogP contribution < -0.4 is 5.32 Å². The van der Waals surface area contributed by atoms with E-state index in [1.165, 1.54) is 18.2 Å². The van der Waals surface area contributed by atoms with Gasteiger partial charge in [-0.1, -0.05) is 12.1 Å². The lowest BCUT2D eigenvalue weighted by Gasteiger charge is -2.13. The van der Waals surface area contributed by atoms with Gasteiger partial charge >= 0.3 is 5.51 Å². The molecule has 0 aromatic heterocycles. The van der Waals surface area contributed by atoms with Gasteiger partial charge in [-0.3, -0.25) is 0 Å². The maximum absolute atomic E-state index is 12.5. The Labute approximate surface area is 108 Å². The Morgan fingerprint density at radius 2 is 1.83 bits per heavy atom. The van der Waals surface area contributed by atoms with Gasteiger partial charge in [0.2, 0.25) is 0 Å². The van der Waals surface area contributed by atoms with Crippen LogP contribution in [0.25, 0.3) is 0 Å². The molecule has 18 heavy (non-hydrogen) atoms. The summed E-state index contributed by atoms with van der Waals surface area (Å²) in [5.74, 6) is 0.335. The molecule has 0 radical (unpaired) electrons. The van der Waals surface area contributed by atoms with Crippen molar-refractivity contribution in [3.05, 3.63) is 24.3 Å². The minimum atomic E-state index is -5.34. The number of anilines is 1. The van der Waals surface area contributed by atoms with Gasteiger partial charge in [0.15, 0.2) is 0 Å². The van der Waals surface area contributed by atoms with Gasteiger partial charge < -0.3 is 5.32 Å². The van der Waals surface area contributed by atoms with E-state index in [2.05, 4.69) is 5.32 Å². The van der Waals surface area contributed by atoms with E-state index >= 15 is 0 Å². The molecule has 0 unspecified atom stereocenters. The number of rotatable bonds is 5. The molecule has 0 saturated heterocycles. The fraction of sp³-hybridized carbons (Fsp3) is 0.400. The Kier molecular flexibility index (Phi) is 4.86. The van der Waals surface area contributed by atoms with Gasteiger partial charge in [0.25, 0.3) is 9.84 Å². The maximum Gasteiger partial charge on any atom is 0.501 e. The van der Waals surface area contributed by atoms with Crippen molar-refractivity contribution in [2.24, 2.45) is 0 Å². The van der Waals surface area contributed by atoms with E-state index in [-0.39, 0.29) is 5.69 Å². The van der Waals surface area contributed by atoms with Gasteiger partial charge in [0.1, 0.15) is 0 Å². The summed E-state index contributed by atoms with van der Waals surface area (Å²) >= 11 is 5.43. The number of benzene rings is 1. The molecule has 0 aliphatic rings. The molecule has 8 heteroatoms. The molecule has 0 amide bonds. The summed E-state index contributed by atoms with van der Waals surface area (Å²) in [6.07, 6.45) is 0.516. The molecule has 0 aliphatic carbocycles. The fourth-order valence-corrected chi connectivity index (χ4v) is 2.33. The van der Waals surface area contributed by atoms with Crippen LogP contribution in [0.15, 0.2) is 29.2 Å². The van der Waals surface area contributed by atoms with Gasteiger partial charge in [-0.15, -0.1) is 11.6 Å². The first-order valence-electron chi connectivity index (χ1n) is 5.01. The molecule has 0 bridgehead atoms. The predicted molar refractivity (Wildman–Crippen MR) is 63.5 cm³/mol. The minimum Gasteiger partial charge on any atom is -0.384 e. The molecule has 0 heterocycles. The molecule has 0 aliphatic heterocycles. The third-order valence-electron chi connectivity index (χ3n) is 2.11. The second-order valence-corrected chi connectivity index (χ2v) is 5.70. The third-order valence-corrected chi connectivity index (χ3v) is 3.92. The lowest BCUT2D eigenvalue weighted by Crippen LogP contribution is -2.24. The van der Waals surface area contributed by atoms with Crippen LogP contribution in [0.1, 0.15) is 6.42 Å². The number of para-hydroxylation sites is 1. The zero-order valence-corrected chi connectivity index (χ0v) is 10.7. The predicted octanol–water partition coefficient (Wildman–Crippen LogP) is 3.02. The summed E-state index contributed by atoms with van der Waals surface area (Å²) < 4.78 is 60.0. The normalized spacial score (nSPS) is 12.4. The number of sulfone groups is 1. The lowest BCUT2D eigenvalue weighted by atomic mass is 10.3. The second kappa shape index (κ2) is 5.79. The fourth-order valence-electron chi connectivity index (χ4n) is 1.26. The van der Waals surface area contributed by atoms with Crippen molar-refractivity contribution in [2.75, 3.05) is 17.7 Å². The SMILES string of the molecule is O=S(=O)(c1ccccc1NCCCCl)C(F)(F)F. The number of nitrogens with one attached hydrogen (secondary N) is 1. The molecule has 3 nitrogen and oxygen atoms in total. The zero-order chi connectivity index (χ0) is 13.8. The van der Waals surface area contributed by atoms with E-state index in [1.54, 1.807) is 0 Å². The van der Waals surface area contributed by atoms with Crippen molar-refractivity contribution in [1.29, 1.82) is 0 Å². The Balaban J connectivity index is 3.10. The number of halogens is 4. The largest absolute Gasteiger partial charge is 0.501 e. The van der Waals surface area contributed by atoms with Crippen LogP contribution in [0, 0.1) is 0 Å². The standard InChI is InChI=1S/C10H11ClF3NO2S/c11-6-3-7-15-8-4-1-2-5-9(8)18(16,17)10(12,13)14/h1-2,4-5,15H,3,6-7H2. The molecule has 102 valence electrons. The average molecular weight is 302 g/mol. The van der Waals surface area contributed by atoms with E-state index in [9.17, 15) is 21.6 Å². The highest BCUT2D eigenvalue weighted by Gasteiger charge is 2.47. The zero-order valence-electron chi connectivity index (χ0n) is 9.17. The van der Waals surface area contributed by atoms with E-state index in [4.69, 9.17) is 11.6 Å². The Bertz CT molecular complexity index is 502. The molecule has 0 spiro atoms. The summed E-state index contributed by atoms with van der Waals surface area (Å²) in [6.45, 7) is 0.299. The monoisotopic (exact) mass is 301 g/mol. The molecule has 0 atom stereocenters. The molecular weight excluding hydrogens is 291 g/mol. The molecule has 1 aromatic carbocycles. The molecule has 1 aromatic rings. The van der Waals surface area contributed by atoms with Crippen LogP contribution in [0.3, 0.4) is 0 Å². The van der Waals surface area contributed by atoms with Crippen molar-refractivity contribution in [2.45, 2.75) is 16.8 Å². The van der Waals surface area contributed by atoms with E-state index in [1.807, 2.05) is 0 Å². The third kappa shape index (κ3) is 3.29. The first-order valence-corrected chi connectivity index (χ1v) is 7.02. The van der Waals surface area contributed by atoms with Gasteiger partial charge in [0.05, 0.1) is 10.6 Å². The lowest BCUT2D eigenvalue weighted by molar-refractivity contribution is -0.0435. The molecule has 1 N–H and O–H groups in total. The van der Waals surface area contributed by atoms with Crippen LogP contribution in [0.5, 0.6) is 0 Å². The van der Waals surface area contributed by atoms with E-state index in [0.29, 0.717) is 18.8 Å². The number of hydrogen-bond donors (Lipinski definition) is 1. The average Bonchev–Trinajstić information content (AvgIpc) is 2.28. The first kappa shape index (κ1) is 15.1. The summed E-state index contributed by atoms with van der Waals surface area (Å²) in [6, 6.07) is 4.91. The highest BCUT2D eigenvalue weighted by atomic mass is 35.5. The highest BCUT2D eigenvalue weighted by Crippen LogP contribution is 2.34. The molecule has 1 rings (SSSR count). The summed E-state index contributed by atoms with van der Waals surface area (Å²) in [5, 5.41) is 2.63. The van der Waals surface area contributed by atoms with Crippen LogP contribution in [-0.4, -0.2) is 26.4 Å². The summed E-state index contributed by atoms with van der Waals surface area (Å²) in [4.78, 5) is -0.771.